The van der Waals surface area contributed by atoms with Crippen LogP contribution in [0.25, 0.3) is 0 Å². The van der Waals surface area contributed by atoms with E-state index < -0.39 is 21.2 Å². The Labute approximate surface area is 223 Å². The molecule has 0 amide bonds. The second-order valence-electron chi connectivity index (χ2n) is 12.0. The molecule has 0 N–H and O–H groups in total. The second-order valence-corrected chi connectivity index (χ2v) is 14.3. The molecule has 2 aliphatic heterocycles. The smallest absolute Gasteiger partial charge is 0.248 e. The Morgan fingerprint density at radius 3 is 2.47 bits per heavy atom. The van der Waals surface area contributed by atoms with Crippen molar-refractivity contribution >= 4 is 27.1 Å². The number of alkyl halides is 2. The van der Waals surface area contributed by atoms with Gasteiger partial charge in [0.05, 0.1) is 23.8 Å². The molecule has 3 heterocycles. The Kier molecular flexibility index (Phi) is 6.44. The summed E-state index contributed by atoms with van der Waals surface area (Å²) < 4.78 is 55.8. The Morgan fingerprint density at radius 2 is 1.82 bits per heavy atom. The lowest BCUT2D eigenvalue weighted by atomic mass is 9.77. The average molecular weight is 545 g/mol. The van der Waals surface area contributed by atoms with Crippen LogP contribution in [0.1, 0.15) is 68.8 Å². The van der Waals surface area contributed by atoms with E-state index in [2.05, 4.69) is 11.6 Å². The molecule has 0 radical (unpaired) electrons. The molecule has 0 bridgehead atoms. The number of nitrogens with zero attached hydrogens (tertiary/aromatic N) is 2. The fraction of sp³-hybridized carbons (Fsp3) is 0.517. The molecule has 2 aromatic rings. The zero-order valence-corrected chi connectivity index (χ0v) is 22.9. The lowest BCUT2D eigenvalue weighted by Crippen LogP contribution is -2.38. The van der Waals surface area contributed by atoms with Gasteiger partial charge in [-0.2, -0.15) is 0 Å². The topological polar surface area (TPSA) is 76.6 Å². The summed E-state index contributed by atoms with van der Waals surface area (Å²) in [5.41, 5.74) is 2.43. The summed E-state index contributed by atoms with van der Waals surface area (Å²) in [6.45, 7) is 10.7. The van der Waals surface area contributed by atoms with Gasteiger partial charge < -0.3 is 4.74 Å². The van der Waals surface area contributed by atoms with E-state index in [-0.39, 0.29) is 48.1 Å². The predicted molar refractivity (Wildman–Crippen MR) is 143 cm³/mol. The van der Waals surface area contributed by atoms with Crippen LogP contribution in [0.5, 0.6) is 5.75 Å². The van der Waals surface area contributed by atoms with Crippen molar-refractivity contribution in [1.82, 2.24) is 4.98 Å². The molecule has 204 valence electrons. The number of ketones is 1. The monoisotopic (exact) mass is 544 g/mol. The number of carbonyl (C=O) groups excluding carboxylic acids is 1. The van der Waals surface area contributed by atoms with Gasteiger partial charge in [0.15, 0.2) is 5.78 Å². The first-order valence-corrected chi connectivity index (χ1v) is 14.8. The van der Waals surface area contributed by atoms with Gasteiger partial charge in [0.25, 0.3) is 0 Å². The van der Waals surface area contributed by atoms with Crippen molar-refractivity contribution in [2.45, 2.75) is 64.2 Å². The van der Waals surface area contributed by atoms with Crippen molar-refractivity contribution in [3.8, 4) is 5.75 Å². The van der Waals surface area contributed by atoms with Crippen LogP contribution >= 0.6 is 0 Å². The molecule has 1 saturated heterocycles. The minimum atomic E-state index is -3.00. The summed E-state index contributed by atoms with van der Waals surface area (Å²) in [5.74, 6) is -1.30. The molecule has 3 aliphatic rings. The fourth-order valence-corrected chi connectivity index (χ4v) is 7.48. The Balaban J connectivity index is 1.35. The van der Waals surface area contributed by atoms with E-state index in [1.54, 1.807) is 18.3 Å². The van der Waals surface area contributed by atoms with E-state index in [1.807, 2.05) is 43.9 Å². The van der Waals surface area contributed by atoms with Crippen molar-refractivity contribution in [3.63, 3.8) is 0 Å². The molecule has 6 nitrogen and oxygen atoms in total. The number of halogens is 2. The number of benzene rings is 1. The van der Waals surface area contributed by atoms with Gasteiger partial charge in [0.2, 0.25) is 5.92 Å². The van der Waals surface area contributed by atoms with Gasteiger partial charge in [0.1, 0.15) is 21.4 Å². The quantitative estimate of drug-likeness (QED) is 0.384. The minimum absolute atomic E-state index is 0.00422. The maximum absolute atomic E-state index is 13.3. The Morgan fingerprint density at radius 1 is 1.13 bits per heavy atom. The highest BCUT2D eigenvalue weighted by Gasteiger charge is 2.45. The van der Waals surface area contributed by atoms with Crippen LogP contribution < -0.4 is 9.64 Å². The highest BCUT2D eigenvalue weighted by molar-refractivity contribution is 7.91. The van der Waals surface area contributed by atoms with Gasteiger partial charge in [-0.1, -0.05) is 27.4 Å². The number of rotatable bonds is 7. The van der Waals surface area contributed by atoms with E-state index in [0.717, 1.165) is 16.9 Å². The molecule has 38 heavy (non-hydrogen) atoms. The molecule has 1 aliphatic carbocycles. The van der Waals surface area contributed by atoms with Gasteiger partial charge in [-0.3, -0.25) is 9.69 Å². The maximum Gasteiger partial charge on any atom is 0.248 e. The third kappa shape index (κ3) is 5.09. The summed E-state index contributed by atoms with van der Waals surface area (Å²) in [7, 11) is -3.00. The van der Waals surface area contributed by atoms with Gasteiger partial charge in [-0.05, 0) is 48.1 Å². The number of allylic oxidation sites excluding steroid dienone is 1. The molecule has 5 rings (SSSR count). The first kappa shape index (κ1) is 26.8. The highest BCUT2D eigenvalue weighted by atomic mass is 32.2. The molecule has 0 spiro atoms. The molecule has 1 aromatic carbocycles. The largest absolute Gasteiger partial charge is 0.493 e. The second kappa shape index (κ2) is 9.14. The summed E-state index contributed by atoms with van der Waals surface area (Å²) in [6, 6.07) is 9.13. The van der Waals surface area contributed by atoms with E-state index >= 15 is 0 Å². The molecular formula is C29H34F2N2O4S. The number of pyridine rings is 1. The lowest BCUT2D eigenvalue weighted by Gasteiger charge is -2.34. The zero-order chi connectivity index (χ0) is 27.5. The Bertz CT molecular complexity index is 1380. The number of hydrogen-bond acceptors (Lipinski definition) is 6. The summed E-state index contributed by atoms with van der Waals surface area (Å²) in [6.07, 6.45) is 2.63. The number of carbonyl (C=O) groups is 1. The van der Waals surface area contributed by atoms with Crippen molar-refractivity contribution in [1.29, 1.82) is 0 Å². The number of hydrogen-bond donors (Lipinski definition) is 0. The van der Waals surface area contributed by atoms with Crippen LogP contribution in [-0.4, -0.2) is 43.2 Å². The van der Waals surface area contributed by atoms with Crippen molar-refractivity contribution in [3.05, 3.63) is 59.9 Å². The number of Topliss-reactive ketones (excluding diaryl/α,β-unsaturated/α-hetero) is 1. The Hall–Kier alpha value is -2.81. The molecule has 1 aromatic heterocycles. The van der Waals surface area contributed by atoms with Crippen LogP contribution in [0, 0.1) is 11.3 Å². The summed E-state index contributed by atoms with van der Waals surface area (Å²) in [5, 5.41) is 0. The van der Waals surface area contributed by atoms with E-state index in [1.165, 1.54) is 0 Å². The van der Waals surface area contributed by atoms with Crippen molar-refractivity contribution in [2.24, 2.45) is 11.3 Å². The highest BCUT2D eigenvalue weighted by Crippen LogP contribution is 2.51. The average Bonchev–Trinajstić information content (AvgIpc) is 3.03. The minimum Gasteiger partial charge on any atom is -0.493 e. The predicted octanol–water partition coefficient (Wildman–Crippen LogP) is 6.24. The number of sulfone groups is 1. The number of anilines is 2. The van der Waals surface area contributed by atoms with Crippen molar-refractivity contribution in [2.75, 3.05) is 23.0 Å². The van der Waals surface area contributed by atoms with Crippen molar-refractivity contribution < 1.29 is 26.7 Å². The number of ether oxygens (including phenoxy) is 1. The molecule has 0 atom stereocenters. The summed E-state index contributed by atoms with van der Waals surface area (Å²) in [4.78, 5) is 19.8. The van der Waals surface area contributed by atoms with E-state index in [4.69, 9.17) is 4.74 Å². The van der Waals surface area contributed by atoms with Crippen LogP contribution in [0.4, 0.5) is 20.3 Å². The fourth-order valence-electron chi connectivity index (χ4n) is 5.67. The molecule has 0 unspecified atom stereocenters. The van der Waals surface area contributed by atoms with Crippen LogP contribution in [0.2, 0.25) is 0 Å². The van der Waals surface area contributed by atoms with Gasteiger partial charge >= 0.3 is 0 Å². The van der Waals surface area contributed by atoms with Gasteiger partial charge in [-0.25, -0.2) is 22.2 Å². The maximum atomic E-state index is 13.3. The van der Waals surface area contributed by atoms with Crippen LogP contribution in [0.15, 0.2) is 48.8 Å². The van der Waals surface area contributed by atoms with Gasteiger partial charge in [0, 0.05) is 54.1 Å². The van der Waals surface area contributed by atoms with E-state index in [0.29, 0.717) is 36.4 Å². The third-order valence-electron chi connectivity index (χ3n) is 8.45. The molecule has 2 fully saturated rings. The van der Waals surface area contributed by atoms with E-state index in [9.17, 15) is 22.0 Å². The van der Waals surface area contributed by atoms with Crippen LogP contribution in [0.3, 0.4) is 0 Å². The first-order chi connectivity index (χ1) is 17.7. The first-order valence-electron chi connectivity index (χ1n) is 13.0. The molecule has 9 heteroatoms. The normalized spacial score (nSPS) is 23.0. The zero-order valence-electron chi connectivity index (χ0n) is 22.1. The summed E-state index contributed by atoms with van der Waals surface area (Å²) >= 11 is 0. The third-order valence-corrected chi connectivity index (χ3v) is 10.1. The standard InChI is InChI=1S/C29H34F2N2O4S/c1-19-27(2,3)23-13-21(25(34)17-28(4)8-11-38(35,36)12-9-28)5-6-24(23)33(19)26-14-22(7-10-32-26)37-18-20-15-29(30,31)16-20/h5-7,10,13-14,20H,1,8-9,11-12,15-18H2,2-4H3. The lowest BCUT2D eigenvalue weighted by molar-refractivity contribution is -0.119. The SMILES string of the molecule is C=C1N(c2cc(OCC3CC(F)(F)C3)ccn2)c2ccc(C(=O)CC3(C)CCS(=O)(=O)CC3)cc2C1(C)C. The number of aromatic nitrogens is 1. The van der Waals surface area contributed by atoms with Gasteiger partial charge in [-0.15, -0.1) is 0 Å². The van der Waals surface area contributed by atoms with Crippen LogP contribution in [-0.2, 0) is 15.3 Å². The molecular weight excluding hydrogens is 510 g/mol. The molecule has 1 saturated carbocycles. The number of fused-ring (bicyclic) bond motifs is 1.